The van der Waals surface area contributed by atoms with Crippen LogP contribution in [-0.2, 0) is 0 Å². The predicted octanol–water partition coefficient (Wildman–Crippen LogP) is 5.38. The quantitative estimate of drug-likeness (QED) is 0.571. The van der Waals surface area contributed by atoms with Gasteiger partial charge >= 0.3 is 0 Å². The molecule has 0 aromatic heterocycles. The zero-order chi connectivity index (χ0) is 19.8. The van der Waals surface area contributed by atoms with E-state index in [0.29, 0.717) is 17.7 Å². The molecule has 0 unspecified atom stereocenters. The van der Waals surface area contributed by atoms with Gasteiger partial charge in [-0.25, -0.2) is 0 Å². The van der Waals surface area contributed by atoms with Crippen LogP contribution in [0.4, 0.5) is 0 Å². The molecule has 0 atom stereocenters. The molecule has 2 aliphatic rings. The summed E-state index contributed by atoms with van der Waals surface area (Å²) >= 11 is 0. The normalized spacial score (nSPS) is 15.1. The number of benzene rings is 3. The maximum Gasteiger partial charge on any atom is 0.261 e. The van der Waals surface area contributed by atoms with Crippen molar-refractivity contribution in [1.82, 2.24) is 4.90 Å². The standard InChI is InChI=1S/C26H21NO2/c28-25-23-12-5-6-13-24(23)26(29)27(25)17-7-14-22-20-10-3-1-8-18(20)15-16-19-9-2-4-11-21(19)22/h1-6,8-13,15-16,22H,7,14,17H2. The third-order valence-corrected chi connectivity index (χ3v) is 5.94. The molecule has 29 heavy (non-hydrogen) atoms. The average molecular weight is 379 g/mol. The summed E-state index contributed by atoms with van der Waals surface area (Å²) in [5, 5.41) is 0. The van der Waals surface area contributed by atoms with Crippen LogP contribution in [0.1, 0.15) is 61.7 Å². The van der Waals surface area contributed by atoms with Crippen LogP contribution < -0.4 is 0 Å². The van der Waals surface area contributed by atoms with Gasteiger partial charge in [-0.2, -0.15) is 0 Å². The molecule has 0 radical (unpaired) electrons. The maximum absolute atomic E-state index is 12.6. The largest absolute Gasteiger partial charge is 0.274 e. The molecule has 3 aromatic rings. The Morgan fingerprint density at radius 3 is 1.69 bits per heavy atom. The highest BCUT2D eigenvalue weighted by atomic mass is 16.2. The summed E-state index contributed by atoms with van der Waals surface area (Å²) < 4.78 is 0. The van der Waals surface area contributed by atoms with E-state index in [-0.39, 0.29) is 17.7 Å². The Bertz CT molecular complexity index is 1060. The van der Waals surface area contributed by atoms with E-state index in [1.807, 2.05) is 0 Å². The molecule has 0 spiro atoms. The Labute approximate surface area is 170 Å². The highest BCUT2D eigenvalue weighted by molar-refractivity contribution is 6.21. The van der Waals surface area contributed by atoms with Crippen molar-refractivity contribution in [3.05, 3.63) is 106 Å². The van der Waals surface area contributed by atoms with Gasteiger partial charge in [-0.15, -0.1) is 0 Å². The summed E-state index contributed by atoms with van der Waals surface area (Å²) in [6.07, 6.45) is 6.00. The molecule has 142 valence electrons. The van der Waals surface area contributed by atoms with E-state index in [0.717, 1.165) is 12.8 Å². The SMILES string of the molecule is O=C1c2ccccc2C(=O)N1CCCC1c2ccccc2C=Cc2ccccc21. The van der Waals surface area contributed by atoms with E-state index in [4.69, 9.17) is 0 Å². The lowest BCUT2D eigenvalue weighted by atomic mass is 9.84. The molecule has 3 aromatic carbocycles. The Balaban J connectivity index is 1.39. The number of fused-ring (bicyclic) bond motifs is 3. The first-order chi connectivity index (χ1) is 14.2. The van der Waals surface area contributed by atoms with Crippen LogP contribution in [0.25, 0.3) is 12.2 Å². The van der Waals surface area contributed by atoms with Gasteiger partial charge < -0.3 is 0 Å². The summed E-state index contributed by atoms with van der Waals surface area (Å²) in [5.74, 6) is -0.101. The van der Waals surface area contributed by atoms with Crippen molar-refractivity contribution in [3.63, 3.8) is 0 Å². The second-order valence-electron chi connectivity index (χ2n) is 7.59. The minimum absolute atomic E-state index is 0.172. The molecule has 3 nitrogen and oxygen atoms in total. The fourth-order valence-electron chi connectivity index (χ4n) is 4.51. The first-order valence-electron chi connectivity index (χ1n) is 10.1. The minimum Gasteiger partial charge on any atom is -0.274 e. The van der Waals surface area contributed by atoms with Crippen molar-refractivity contribution in [3.8, 4) is 0 Å². The molecule has 5 rings (SSSR count). The van der Waals surface area contributed by atoms with Gasteiger partial charge in [-0.1, -0.05) is 72.8 Å². The molecule has 0 saturated heterocycles. The van der Waals surface area contributed by atoms with E-state index in [1.165, 1.54) is 27.2 Å². The van der Waals surface area contributed by atoms with Crippen molar-refractivity contribution >= 4 is 24.0 Å². The monoisotopic (exact) mass is 379 g/mol. The van der Waals surface area contributed by atoms with Crippen LogP contribution in [0, 0.1) is 0 Å². The topological polar surface area (TPSA) is 37.4 Å². The molecule has 0 N–H and O–H groups in total. The van der Waals surface area contributed by atoms with Gasteiger partial charge in [0.2, 0.25) is 0 Å². The smallest absolute Gasteiger partial charge is 0.261 e. The number of hydrogen-bond donors (Lipinski definition) is 0. The van der Waals surface area contributed by atoms with E-state index in [9.17, 15) is 9.59 Å². The average Bonchev–Trinajstić information content (AvgIpc) is 2.91. The summed E-state index contributed by atoms with van der Waals surface area (Å²) in [6.45, 7) is 0.445. The zero-order valence-corrected chi connectivity index (χ0v) is 16.0. The molecular weight excluding hydrogens is 358 g/mol. The zero-order valence-electron chi connectivity index (χ0n) is 16.0. The van der Waals surface area contributed by atoms with Gasteiger partial charge in [0.05, 0.1) is 11.1 Å². The lowest BCUT2D eigenvalue weighted by Crippen LogP contribution is -2.31. The van der Waals surface area contributed by atoms with Gasteiger partial charge in [0.1, 0.15) is 0 Å². The molecule has 0 saturated carbocycles. The van der Waals surface area contributed by atoms with Crippen molar-refractivity contribution in [2.45, 2.75) is 18.8 Å². The van der Waals surface area contributed by atoms with E-state index >= 15 is 0 Å². The molecule has 0 bridgehead atoms. The number of hydrogen-bond acceptors (Lipinski definition) is 2. The van der Waals surface area contributed by atoms with Gasteiger partial charge in [-0.05, 0) is 47.2 Å². The molecule has 0 fully saturated rings. The molecule has 2 amide bonds. The second-order valence-corrected chi connectivity index (χ2v) is 7.59. The third-order valence-electron chi connectivity index (χ3n) is 5.94. The lowest BCUT2D eigenvalue weighted by molar-refractivity contribution is 0.0651. The lowest BCUT2D eigenvalue weighted by Gasteiger charge is -2.22. The summed E-state index contributed by atoms with van der Waals surface area (Å²) in [7, 11) is 0. The number of nitrogens with zero attached hydrogens (tertiary/aromatic N) is 1. The first kappa shape index (κ1) is 17.6. The minimum atomic E-state index is -0.172. The summed E-state index contributed by atoms with van der Waals surface area (Å²) in [4.78, 5) is 26.7. The number of carbonyl (C=O) groups excluding carboxylic acids is 2. The predicted molar refractivity (Wildman–Crippen MR) is 115 cm³/mol. The van der Waals surface area contributed by atoms with Gasteiger partial charge in [0, 0.05) is 12.5 Å². The van der Waals surface area contributed by atoms with Gasteiger partial charge in [-0.3, -0.25) is 14.5 Å². The highest BCUT2D eigenvalue weighted by Gasteiger charge is 2.34. The second kappa shape index (κ2) is 7.17. The highest BCUT2D eigenvalue weighted by Crippen LogP contribution is 2.37. The molecular formula is C26H21NO2. The summed E-state index contributed by atoms with van der Waals surface area (Å²) in [6, 6.07) is 24.0. The molecule has 1 aliphatic carbocycles. The van der Waals surface area contributed by atoms with Gasteiger partial charge in [0.15, 0.2) is 0 Å². The fraction of sp³-hybridized carbons (Fsp3) is 0.154. The van der Waals surface area contributed by atoms with Crippen LogP contribution in [0.5, 0.6) is 0 Å². The van der Waals surface area contributed by atoms with Crippen LogP contribution >= 0.6 is 0 Å². The van der Waals surface area contributed by atoms with Crippen molar-refractivity contribution in [2.75, 3.05) is 6.54 Å². The van der Waals surface area contributed by atoms with Crippen molar-refractivity contribution in [2.24, 2.45) is 0 Å². The maximum atomic E-state index is 12.6. The van der Waals surface area contributed by atoms with Crippen molar-refractivity contribution < 1.29 is 9.59 Å². The van der Waals surface area contributed by atoms with E-state index < -0.39 is 0 Å². The molecule has 1 aliphatic heterocycles. The summed E-state index contributed by atoms with van der Waals surface area (Å²) in [5.41, 5.74) is 6.11. The Morgan fingerprint density at radius 1 is 0.655 bits per heavy atom. The van der Waals surface area contributed by atoms with Gasteiger partial charge in [0.25, 0.3) is 11.8 Å². The fourth-order valence-corrected chi connectivity index (χ4v) is 4.51. The van der Waals surface area contributed by atoms with E-state index in [1.54, 1.807) is 24.3 Å². The number of amides is 2. The van der Waals surface area contributed by atoms with Crippen LogP contribution in [-0.4, -0.2) is 23.3 Å². The first-order valence-corrected chi connectivity index (χ1v) is 10.1. The van der Waals surface area contributed by atoms with Crippen LogP contribution in [0.15, 0.2) is 72.8 Å². The number of rotatable bonds is 4. The number of imide groups is 1. The van der Waals surface area contributed by atoms with E-state index in [2.05, 4.69) is 60.7 Å². The number of carbonyl (C=O) groups is 2. The Morgan fingerprint density at radius 2 is 1.14 bits per heavy atom. The molecule has 3 heteroatoms. The molecule has 1 heterocycles. The van der Waals surface area contributed by atoms with Crippen molar-refractivity contribution in [1.29, 1.82) is 0 Å². The van der Waals surface area contributed by atoms with Crippen LogP contribution in [0.2, 0.25) is 0 Å². The Kier molecular flexibility index (Phi) is 4.36. The van der Waals surface area contributed by atoms with Crippen LogP contribution in [0.3, 0.4) is 0 Å². The Hall–Kier alpha value is -3.46. The third kappa shape index (κ3) is 2.99.